The van der Waals surface area contributed by atoms with Crippen LogP contribution < -0.4 is 5.73 Å². The molecule has 112 valence electrons. The molecule has 0 aromatic heterocycles. The van der Waals surface area contributed by atoms with E-state index in [9.17, 15) is 13.2 Å². The van der Waals surface area contributed by atoms with Crippen molar-refractivity contribution in [2.24, 2.45) is 5.73 Å². The quantitative estimate of drug-likeness (QED) is 0.881. The summed E-state index contributed by atoms with van der Waals surface area (Å²) in [5.41, 5.74) is 8.60. The summed E-state index contributed by atoms with van der Waals surface area (Å²) in [6, 6.07) is 11.7. The van der Waals surface area contributed by atoms with Gasteiger partial charge in [0.25, 0.3) is 0 Å². The summed E-state index contributed by atoms with van der Waals surface area (Å²) in [6.45, 7) is 3.63. The average molecular weight is 293 g/mol. The maximum absolute atomic E-state index is 12.7. The zero-order valence-electron chi connectivity index (χ0n) is 12.0. The van der Waals surface area contributed by atoms with Gasteiger partial charge in [-0.1, -0.05) is 30.3 Å². The van der Waals surface area contributed by atoms with Crippen LogP contribution in [0.15, 0.2) is 42.5 Å². The minimum absolute atomic E-state index is 0.0867. The van der Waals surface area contributed by atoms with E-state index in [0.717, 1.165) is 29.2 Å². The summed E-state index contributed by atoms with van der Waals surface area (Å²) in [6.07, 6.45) is -3.52. The van der Waals surface area contributed by atoms with Gasteiger partial charge in [-0.05, 0) is 54.7 Å². The third-order valence-corrected chi connectivity index (χ3v) is 3.38. The van der Waals surface area contributed by atoms with E-state index in [0.29, 0.717) is 5.56 Å². The average Bonchev–Trinajstić information content (AvgIpc) is 2.38. The van der Waals surface area contributed by atoms with Crippen molar-refractivity contribution in [3.05, 3.63) is 59.2 Å². The second-order valence-electron chi connectivity index (χ2n) is 5.41. The van der Waals surface area contributed by atoms with E-state index in [-0.39, 0.29) is 6.04 Å². The van der Waals surface area contributed by atoms with Crippen LogP contribution in [-0.4, -0.2) is 6.04 Å². The molecule has 1 nitrogen and oxygen atoms in total. The minimum Gasteiger partial charge on any atom is -0.328 e. The Morgan fingerprint density at radius 1 is 1.05 bits per heavy atom. The van der Waals surface area contributed by atoms with Gasteiger partial charge >= 0.3 is 6.18 Å². The van der Waals surface area contributed by atoms with Gasteiger partial charge in [0.1, 0.15) is 0 Å². The van der Waals surface area contributed by atoms with Gasteiger partial charge < -0.3 is 5.73 Å². The van der Waals surface area contributed by atoms with Crippen LogP contribution in [0.2, 0.25) is 0 Å². The molecule has 1 unspecified atom stereocenters. The fraction of sp³-hybridized carbons (Fsp3) is 0.294. The SMILES string of the molecule is Cc1cc(C(F)(F)F)ccc1-c1ccc(CC(C)N)cc1. The van der Waals surface area contributed by atoms with E-state index >= 15 is 0 Å². The number of benzene rings is 2. The summed E-state index contributed by atoms with van der Waals surface area (Å²) < 4.78 is 38.0. The van der Waals surface area contributed by atoms with Gasteiger partial charge in [-0.25, -0.2) is 0 Å². The summed E-state index contributed by atoms with van der Waals surface area (Å²) in [5, 5.41) is 0. The molecule has 1 atom stereocenters. The monoisotopic (exact) mass is 293 g/mol. The molecule has 0 fully saturated rings. The molecule has 2 aromatic rings. The number of hydrogen-bond donors (Lipinski definition) is 1. The highest BCUT2D eigenvalue weighted by Crippen LogP contribution is 2.33. The van der Waals surface area contributed by atoms with Gasteiger partial charge in [-0.15, -0.1) is 0 Å². The number of halogens is 3. The van der Waals surface area contributed by atoms with E-state index < -0.39 is 11.7 Å². The molecular formula is C17H18F3N. The Morgan fingerprint density at radius 2 is 1.67 bits per heavy atom. The molecule has 0 saturated heterocycles. The normalized spacial score (nSPS) is 13.2. The standard InChI is InChI=1S/C17H18F3N/c1-11-9-15(17(18,19)20)7-8-16(11)14-5-3-13(4-6-14)10-12(2)21/h3-9,12H,10,21H2,1-2H3. The molecule has 0 bridgehead atoms. The van der Waals surface area contributed by atoms with E-state index in [1.165, 1.54) is 12.1 Å². The second-order valence-corrected chi connectivity index (χ2v) is 5.41. The highest BCUT2D eigenvalue weighted by Gasteiger charge is 2.30. The highest BCUT2D eigenvalue weighted by atomic mass is 19.4. The van der Waals surface area contributed by atoms with Crippen LogP contribution in [0, 0.1) is 6.92 Å². The molecule has 0 aliphatic heterocycles. The third-order valence-electron chi connectivity index (χ3n) is 3.38. The first-order valence-corrected chi connectivity index (χ1v) is 6.80. The predicted octanol–water partition coefficient (Wildman–Crippen LogP) is 4.57. The number of hydrogen-bond acceptors (Lipinski definition) is 1. The lowest BCUT2D eigenvalue weighted by atomic mass is 9.96. The molecule has 0 amide bonds. The van der Waals surface area contributed by atoms with Gasteiger partial charge in [0.2, 0.25) is 0 Å². The number of nitrogens with two attached hydrogens (primary N) is 1. The molecule has 2 rings (SSSR count). The first kappa shape index (κ1) is 15.6. The van der Waals surface area contributed by atoms with E-state index in [4.69, 9.17) is 5.73 Å². The number of alkyl halides is 3. The molecule has 21 heavy (non-hydrogen) atoms. The molecule has 2 aromatic carbocycles. The van der Waals surface area contributed by atoms with Gasteiger partial charge in [0.15, 0.2) is 0 Å². The van der Waals surface area contributed by atoms with Gasteiger partial charge in [0.05, 0.1) is 5.56 Å². The van der Waals surface area contributed by atoms with Gasteiger partial charge in [0, 0.05) is 6.04 Å². The van der Waals surface area contributed by atoms with E-state index in [2.05, 4.69) is 0 Å². The summed E-state index contributed by atoms with van der Waals surface area (Å²) in [7, 11) is 0. The smallest absolute Gasteiger partial charge is 0.328 e. The van der Waals surface area contributed by atoms with Crippen molar-refractivity contribution in [3.8, 4) is 11.1 Å². The summed E-state index contributed by atoms with van der Waals surface area (Å²) in [5.74, 6) is 0. The first-order chi connectivity index (χ1) is 9.77. The molecule has 0 saturated carbocycles. The van der Waals surface area contributed by atoms with Crippen molar-refractivity contribution < 1.29 is 13.2 Å². The summed E-state index contributed by atoms with van der Waals surface area (Å²) in [4.78, 5) is 0. The zero-order valence-corrected chi connectivity index (χ0v) is 12.0. The molecule has 2 N–H and O–H groups in total. The van der Waals surface area contributed by atoms with Crippen LogP contribution in [0.5, 0.6) is 0 Å². The van der Waals surface area contributed by atoms with E-state index in [1.54, 1.807) is 6.92 Å². The fourth-order valence-corrected chi connectivity index (χ4v) is 2.36. The van der Waals surface area contributed by atoms with Crippen LogP contribution in [-0.2, 0) is 12.6 Å². The molecule has 0 aliphatic carbocycles. The Morgan fingerprint density at radius 3 is 2.14 bits per heavy atom. The second kappa shape index (κ2) is 5.90. The third kappa shape index (κ3) is 3.85. The van der Waals surface area contributed by atoms with Crippen molar-refractivity contribution in [2.45, 2.75) is 32.5 Å². The van der Waals surface area contributed by atoms with Crippen molar-refractivity contribution in [1.29, 1.82) is 0 Å². The Bertz CT molecular complexity index is 613. The van der Waals surface area contributed by atoms with Crippen LogP contribution in [0.1, 0.15) is 23.6 Å². The van der Waals surface area contributed by atoms with E-state index in [1.807, 2.05) is 31.2 Å². The molecule has 4 heteroatoms. The van der Waals surface area contributed by atoms with Crippen LogP contribution in [0.4, 0.5) is 13.2 Å². The highest BCUT2D eigenvalue weighted by molar-refractivity contribution is 5.68. The Balaban J connectivity index is 2.30. The first-order valence-electron chi connectivity index (χ1n) is 6.80. The van der Waals surface area contributed by atoms with Gasteiger partial charge in [-0.2, -0.15) is 13.2 Å². The lowest BCUT2D eigenvalue weighted by Crippen LogP contribution is -2.17. The number of aryl methyl sites for hydroxylation is 1. The fourth-order valence-electron chi connectivity index (χ4n) is 2.36. The van der Waals surface area contributed by atoms with Crippen LogP contribution >= 0.6 is 0 Å². The maximum atomic E-state index is 12.7. The van der Waals surface area contributed by atoms with Crippen molar-refractivity contribution in [3.63, 3.8) is 0 Å². The molecule has 0 aliphatic rings. The molecule has 0 radical (unpaired) electrons. The molecular weight excluding hydrogens is 275 g/mol. The predicted molar refractivity (Wildman–Crippen MR) is 79.0 cm³/mol. The lowest BCUT2D eigenvalue weighted by Gasteiger charge is -2.12. The molecule has 0 spiro atoms. The Hall–Kier alpha value is -1.81. The Kier molecular flexibility index (Phi) is 4.37. The Labute approximate surface area is 122 Å². The number of rotatable bonds is 3. The van der Waals surface area contributed by atoms with Gasteiger partial charge in [-0.3, -0.25) is 0 Å². The largest absolute Gasteiger partial charge is 0.416 e. The topological polar surface area (TPSA) is 26.0 Å². The van der Waals surface area contributed by atoms with Crippen molar-refractivity contribution in [1.82, 2.24) is 0 Å². The summed E-state index contributed by atoms with van der Waals surface area (Å²) >= 11 is 0. The van der Waals surface area contributed by atoms with Crippen LogP contribution in [0.25, 0.3) is 11.1 Å². The maximum Gasteiger partial charge on any atom is 0.416 e. The minimum atomic E-state index is -4.30. The lowest BCUT2D eigenvalue weighted by molar-refractivity contribution is -0.137. The van der Waals surface area contributed by atoms with Crippen molar-refractivity contribution >= 4 is 0 Å². The van der Waals surface area contributed by atoms with Crippen LogP contribution in [0.3, 0.4) is 0 Å². The zero-order chi connectivity index (χ0) is 15.6. The molecule has 0 heterocycles. The van der Waals surface area contributed by atoms with Crippen molar-refractivity contribution in [2.75, 3.05) is 0 Å².